The van der Waals surface area contributed by atoms with Crippen molar-refractivity contribution in [2.24, 2.45) is 0 Å². The molecule has 1 aliphatic rings. The lowest BCUT2D eigenvalue weighted by Crippen LogP contribution is -2.51. The molecule has 1 aliphatic heterocycles. The molecule has 0 atom stereocenters. The summed E-state index contributed by atoms with van der Waals surface area (Å²) in [7, 11) is 0. The van der Waals surface area contributed by atoms with Gasteiger partial charge in [0.1, 0.15) is 5.75 Å². The number of benzene rings is 2. The normalized spacial score (nSPS) is 14.4. The molecule has 24 heavy (non-hydrogen) atoms. The molecule has 1 fully saturated rings. The van der Waals surface area contributed by atoms with Gasteiger partial charge in [0.05, 0.1) is 0 Å². The maximum Gasteiger partial charge on any atom is 0.415 e. The smallest absolute Gasteiger partial charge is 0.410 e. The molecule has 2 aromatic rings. The lowest BCUT2D eigenvalue weighted by Gasteiger charge is -2.34. The van der Waals surface area contributed by atoms with Gasteiger partial charge in [-0.25, -0.2) is 4.79 Å². The number of piperazine rings is 1. The fourth-order valence-electron chi connectivity index (χ4n) is 2.55. The van der Waals surface area contributed by atoms with Crippen molar-refractivity contribution in [3.63, 3.8) is 0 Å². The molecule has 3 rings (SSSR count). The molecule has 124 valence electrons. The first-order valence-electron chi connectivity index (χ1n) is 7.70. The van der Waals surface area contributed by atoms with E-state index >= 15 is 0 Å². The van der Waals surface area contributed by atoms with Crippen molar-refractivity contribution in [2.45, 2.75) is 0 Å². The van der Waals surface area contributed by atoms with Gasteiger partial charge in [0.15, 0.2) is 0 Å². The third-order valence-corrected chi connectivity index (χ3v) is 4.08. The summed E-state index contributed by atoms with van der Waals surface area (Å²) in [6, 6.07) is 15.8. The van der Waals surface area contributed by atoms with Gasteiger partial charge in [-0.15, -0.1) is 0 Å². The SMILES string of the molecule is O=C(Oc1ccccc1)N1CCN(C(=O)c2cccc(Cl)c2)CC1. The Kier molecular flexibility index (Phi) is 5.01. The first kappa shape index (κ1) is 16.3. The fraction of sp³-hybridized carbons (Fsp3) is 0.222. The van der Waals surface area contributed by atoms with Crippen molar-refractivity contribution in [1.82, 2.24) is 9.80 Å². The lowest BCUT2D eigenvalue weighted by atomic mass is 10.2. The summed E-state index contributed by atoms with van der Waals surface area (Å²) in [5.74, 6) is 0.438. The molecule has 2 amide bonds. The number of carbonyl (C=O) groups excluding carboxylic acids is 2. The standard InChI is InChI=1S/C18H17ClN2O3/c19-15-6-4-5-14(13-15)17(22)20-9-11-21(12-10-20)18(23)24-16-7-2-1-3-8-16/h1-8,13H,9-12H2. The Balaban J connectivity index is 1.55. The lowest BCUT2D eigenvalue weighted by molar-refractivity contribution is 0.0633. The number of hydrogen-bond acceptors (Lipinski definition) is 3. The Labute approximate surface area is 145 Å². The Hall–Kier alpha value is -2.53. The summed E-state index contributed by atoms with van der Waals surface area (Å²) < 4.78 is 5.32. The molecule has 2 aromatic carbocycles. The molecule has 1 heterocycles. The van der Waals surface area contributed by atoms with Crippen LogP contribution in [0.2, 0.25) is 5.02 Å². The van der Waals surface area contributed by atoms with Crippen LogP contribution in [0, 0.1) is 0 Å². The van der Waals surface area contributed by atoms with Gasteiger partial charge in [0.25, 0.3) is 5.91 Å². The van der Waals surface area contributed by atoms with Gasteiger partial charge < -0.3 is 14.5 Å². The van der Waals surface area contributed by atoms with Gasteiger partial charge >= 0.3 is 6.09 Å². The summed E-state index contributed by atoms with van der Waals surface area (Å²) in [5.41, 5.74) is 0.558. The number of halogens is 1. The predicted octanol–water partition coefficient (Wildman–Crippen LogP) is 3.30. The quantitative estimate of drug-likeness (QED) is 0.840. The highest BCUT2D eigenvalue weighted by molar-refractivity contribution is 6.30. The van der Waals surface area contributed by atoms with Gasteiger partial charge in [0, 0.05) is 36.8 Å². The second kappa shape index (κ2) is 7.36. The van der Waals surface area contributed by atoms with Crippen LogP contribution in [0.3, 0.4) is 0 Å². The van der Waals surface area contributed by atoms with Crippen molar-refractivity contribution in [3.05, 3.63) is 65.2 Å². The van der Waals surface area contributed by atoms with E-state index < -0.39 is 6.09 Å². The van der Waals surface area contributed by atoms with E-state index in [1.807, 2.05) is 18.2 Å². The number of nitrogens with zero attached hydrogens (tertiary/aromatic N) is 2. The molecule has 0 N–H and O–H groups in total. The zero-order chi connectivity index (χ0) is 16.9. The highest BCUT2D eigenvalue weighted by Crippen LogP contribution is 2.15. The van der Waals surface area contributed by atoms with Gasteiger partial charge in [-0.3, -0.25) is 4.79 Å². The predicted molar refractivity (Wildman–Crippen MR) is 91.4 cm³/mol. The minimum absolute atomic E-state index is 0.0754. The summed E-state index contributed by atoms with van der Waals surface area (Å²) in [6.07, 6.45) is -0.393. The van der Waals surface area contributed by atoms with Gasteiger partial charge in [0.2, 0.25) is 0 Å². The Morgan fingerprint density at radius 3 is 2.21 bits per heavy atom. The van der Waals surface area contributed by atoms with Crippen LogP contribution in [0.5, 0.6) is 5.75 Å². The number of ether oxygens (including phenoxy) is 1. The minimum Gasteiger partial charge on any atom is -0.410 e. The third-order valence-electron chi connectivity index (χ3n) is 3.85. The highest BCUT2D eigenvalue weighted by atomic mass is 35.5. The zero-order valence-electron chi connectivity index (χ0n) is 13.0. The second-order valence-electron chi connectivity index (χ2n) is 5.47. The van der Waals surface area contributed by atoms with E-state index in [9.17, 15) is 9.59 Å². The molecule has 0 aliphatic carbocycles. The number of carbonyl (C=O) groups is 2. The fourth-order valence-corrected chi connectivity index (χ4v) is 2.74. The van der Waals surface area contributed by atoms with Crippen molar-refractivity contribution in [2.75, 3.05) is 26.2 Å². The molecule has 0 radical (unpaired) electrons. The van der Waals surface area contributed by atoms with Gasteiger partial charge in [-0.1, -0.05) is 35.9 Å². The average Bonchev–Trinajstić information content (AvgIpc) is 2.62. The van der Waals surface area contributed by atoms with Gasteiger partial charge in [-0.2, -0.15) is 0 Å². The van der Waals surface area contributed by atoms with Crippen LogP contribution in [0.15, 0.2) is 54.6 Å². The van der Waals surface area contributed by atoms with E-state index in [2.05, 4.69) is 0 Å². The molecular formula is C18H17ClN2O3. The maximum absolute atomic E-state index is 12.5. The molecule has 1 saturated heterocycles. The molecule has 5 nitrogen and oxygen atoms in total. The van der Waals surface area contributed by atoms with E-state index in [1.54, 1.807) is 46.2 Å². The summed E-state index contributed by atoms with van der Waals surface area (Å²) in [6.45, 7) is 1.82. The molecule has 0 bridgehead atoms. The zero-order valence-corrected chi connectivity index (χ0v) is 13.8. The number of rotatable bonds is 2. The number of hydrogen-bond donors (Lipinski definition) is 0. The Bertz CT molecular complexity index is 728. The Morgan fingerprint density at radius 2 is 1.54 bits per heavy atom. The average molecular weight is 345 g/mol. The molecule has 0 unspecified atom stereocenters. The van der Waals surface area contributed by atoms with Crippen LogP contribution in [0.25, 0.3) is 0 Å². The minimum atomic E-state index is -0.393. The number of amides is 2. The molecular weight excluding hydrogens is 328 g/mol. The highest BCUT2D eigenvalue weighted by Gasteiger charge is 2.26. The first-order chi connectivity index (χ1) is 11.6. The van der Waals surface area contributed by atoms with Crippen LogP contribution in [-0.4, -0.2) is 48.0 Å². The van der Waals surface area contributed by atoms with E-state index in [0.717, 1.165) is 0 Å². The summed E-state index contributed by atoms with van der Waals surface area (Å²) in [5, 5.41) is 0.533. The summed E-state index contributed by atoms with van der Waals surface area (Å²) >= 11 is 5.93. The monoisotopic (exact) mass is 344 g/mol. The maximum atomic E-state index is 12.5. The van der Waals surface area contributed by atoms with Gasteiger partial charge in [-0.05, 0) is 30.3 Å². The van der Waals surface area contributed by atoms with Crippen LogP contribution in [-0.2, 0) is 0 Å². The van der Waals surface area contributed by atoms with Crippen molar-refractivity contribution in [1.29, 1.82) is 0 Å². The van der Waals surface area contributed by atoms with Crippen LogP contribution in [0.4, 0.5) is 4.79 Å². The van der Waals surface area contributed by atoms with Crippen LogP contribution >= 0.6 is 11.6 Å². The van der Waals surface area contributed by atoms with E-state index in [1.165, 1.54) is 0 Å². The third kappa shape index (κ3) is 3.86. The molecule has 6 heteroatoms. The molecule has 0 aromatic heterocycles. The summed E-state index contributed by atoms with van der Waals surface area (Å²) in [4.78, 5) is 27.9. The topological polar surface area (TPSA) is 49.9 Å². The van der Waals surface area contributed by atoms with E-state index in [4.69, 9.17) is 16.3 Å². The molecule has 0 spiro atoms. The largest absolute Gasteiger partial charge is 0.415 e. The van der Waals surface area contributed by atoms with Crippen LogP contribution < -0.4 is 4.74 Å². The van der Waals surface area contributed by atoms with E-state index in [0.29, 0.717) is 42.5 Å². The van der Waals surface area contributed by atoms with Crippen molar-refractivity contribution >= 4 is 23.6 Å². The first-order valence-corrected chi connectivity index (χ1v) is 8.08. The van der Waals surface area contributed by atoms with E-state index in [-0.39, 0.29) is 5.91 Å². The van der Waals surface area contributed by atoms with Crippen LogP contribution in [0.1, 0.15) is 10.4 Å². The second-order valence-corrected chi connectivity index (χ2v) is 5.91. The van der Waals surface area contributed by atoms with Crippen molar-refractivity contribution < 1.29 is 14.3 Å². The Morgan fingerprint density at radius 1 is 0.875 bits per heavy atom. The van der Waals surface area contributed by atoms with Crippen molar-refractivity contribution in [3.8, 4) is 5.75 Å². The number of para-hydroxylation sites is 1. The molecule has 0 saturated carbocycles.